The van der Waals surface area contributed by atoms with E-state index in [4.69, 9.17) is 4.52 Å². The molecule has 1 N–H and O–H groups in total. The Labute approximate surface area is 118 Å². The number of aromatic nitrogens is 2. The van der Waals surface area contributed by atoms with E-state index < -0.39 is 0 Å². The summed E-state index contributed by atoms with van der Waals surface area (Å²) in [6.07, 6.45) is 7.47. The highest BCUT2D eigenvalue weighted by Gasteiger charge is 2.20. The van der Waals surface area contributed by atoms with Gasteiger partial charge in [0, 0.05) is 11.5 Å². The van der Waals surface area contributed by atoms with E-state index in [0.29, 0.717) is 11.8 Å². The zero-order valence-electron chi connectivity index (χ0n) is 11.8. The first-order valence-corrected chi connectivity index (χ1v) is 7.37. The molecule has 1 saturated carbocycles. The first kappa shape index (κ1) is 13.2. The standard InChI is InChI=1S/C16H20N2O2/c1-11-10-13(8-9-14(11)19)16-17-15(18-20-16)12-6-4-2-3-5-7-12/h8-10,12,19H,2-7H2,1H3. The monoisotopic (exact) mass is 272 g/mol. The number of benzene rings is 1. The third-order valence-corrected chi connectivity index (χ3v) is 4.11. The van der Waals surface area contributed by atoms with E-state index in [1.807, 2.05) is 19.1 Å². The number of aromatic hydroxyl groups is 1. The quantitative estimate of drug-likeness (QED) is 0.833. The van der Waals surface area contributed by atoms with Crippen LogP contribution in [-0.4, -0.2) is 15.2 Å². The van der Waals surface area contributed by atoms with Crippen molar-refractivity contribution in [2.75, 3.05) is 0 Å². The number of hydrogen-bond donors (Lipinski definition) is 1. The van der Waals surface area contributed by atoms with Crippen molar-refractivity contribution in [1.29, 1.82) is 0 Å². The molecule has 0 bridgehead atoms. The average molecular weight is 272 g/mol. The molecule has 4 nitrogen and oxygen atoms in total. The Bertz CT molecular complexity index is 584. The Kier molecular flexibility index (Phi) is 3.72. The third kappa shape index (κ3) is 2.69. The summed E-state index contributed by atoms with van der Waals surface area (Å²) in [7, 11) is 0. The van der Waals surface area contributed by atoms with Gasteiger partial charge >= 0.3 is 0 Å². The Balaban J connectivity index is 1.83. The minimum Gasteiger partial charge on any atom is -0.508 e. The molecule has 0 saturated heterocycles. The van der Waals surface area contributed by atoms with Gasteiger partial charge in [-0.2, -0.15) is 4.98 Å². The van der Waals surface area contributed by atoms with E-state index in [1.165, 1.54) is 25.7 Å². The molecular weight excluding hydrogens is 252 g/mol. The van der Waals surface area contributed by atoms with Crippen LogP contribution in [0.15, 0.2) is 22.7 Å². The van der Waals surface area contributed by atoms with Crippen molar-refractivity contribution >= 4 is 0 Å². The summed E-state index contributed by atoms with van der Waals surface area (Å²) in [5.74, 6) is 2.12. The maximum atomic E-state index is 9.56. The van der Waals surface area contributed by atoms with Crippen LogP contribution in [0.4, 0.5) is 0 Å². The van der Waals surface area contributed by atoms with Crippen molar-refractivity contribution in [2.24, 2.45) is 0 Å². The molecule has 1 aromatic carbocycles. The van der Waals surface area contributed by atoms with E-state index in [1.54, 1.807) is 6.07 Å². The van der Waals surface area contributed by atoms with Crippen LogP contribution in [0.25, 0.3) is 11.5 Å². The molecule has 2 aromatic rings. The molecule has 0 spiro atoms. The van der Waals surface area contributed by atoms with Crippen LogP contribution in [0.3, 0.4) is 0 Å². The van der Waals surface area contributed by atoms with Crippen LogP contribution in [0.2, 0.25) is 0 Å². The van der Waals surface area contributed by atoms with Crippen molar-refractivity contribution in [2.45, 2.75) is 51.4 Å². The predicted molar refractivity (Wildman–Crippen MR) is 76.6 cm³/mol. The summed E-state index contributed by atoms with van der Waals surface area (Å²) in [5, 5.41) is 13.7. The zero-order chi connectivity index (χ0) is 13.9. The fourth-order valence-electron chi connectivity index (χ4n) is 2.84. The number of hydrogen-bond acceptors (Lipinski definition) is 4. The van der Waals surface area contributed by atoms with Gasteiger partial charge in [-0.1, -0.05) is 30.8 Å². The zero-order valence-corrected chi connectivity index (χ0v) is 11.8. The van der Waals surface area contributed by atoms with Gasteiger partial charge < -0.3 is 9.63 Å². The SMILES string of the molecule is Cc1cc(-c2nc(C3CCCCCC3)no2)ccc1O. The van der Waals surface area contributed by atoms with Crippen molar-refractivity contribution in [1.82, 2.24) is 10.1 Å². The average Bonchev–Trinajstić information content (AvgIpc) is 2.78. The second kappa shape index (κ2) is 5.65. The van der Waals surface area contributed by atoms with Gasteiger partial charge in [0.05, 0.1) is 0 Å². The Hall–Kier alpha value is -1.84. The van der Waals surface area contributed by atoms with Gasteiger partial charge in [-0.05, 0) is 43.5 Å². The lowest BCUT2D eigenvalue weighted by atomic mass is 10.00. The predicted octanol–water partition coefficient (Wildman–Crippen LogP) is 4.19. The van der Waals surface area contributed by atoms with Gasteiger partial charge in [0.1, 0.15) is 5.75 Å². The van der Waals surface area contributed by atoms with Crippen molar-refractivity contribution in [3.8, 4) is 17.2 Å². The number of aryl methyl sites for hydroxylation is 1. The van der Waals surface area contributed by atoms with Gasteiger partial charge in [-0.15, -0.1) is 0 Å². The van der Waals surface area contributed by atoms with Crippen molar-refractivity contribution in [3.63, 3.8) is 0 Å². The molecule has 1 aliphatic carbocycles. The first-order valence-electron chi connectivity index (χ1n) is 7.37. The Morgan fingerprint density at radius 1 is 1.15 bits per heavy atom. The molecule has 1 aromatic heterocycles. The fraction of sp³-hybridized carbons (Fsp3) is 0.500. The minimum atomic E-state index is 0.289. The van der Waals surface area contributed by atoms with Gasteiger partial charge in [0.15, 0.2) is 5.82 Å². The van der Waals surface area contributed by atoms with Gasteiger partial charge in [-0.25, -0.2) is 0 Å². The molecule has 0 amide bonds. The lowest BCUT2D eigenvalue weighted by Crippen LogP contribution is -1.99. The molecule has 20 heavy (non-hydrogen) atoms. The third-order valence-electron chi connectivity index (χ3n) is 4.11. The van der Waals surface area contributed by atoms with E-state index in [9.17, 15) is 5.11 Å². The first-order chi connectivity index (χ1) is 9.74. The van der Waals surface area contributed by atoms with Gasteiger partial charge in [0.2, 0.25) is 0 Å². The number of rotatable bonds is 2. The second-order valence-electron chi connectivity index (χ2n) is 5.65. The lowest BCUT2D eigenvalue weighted by Gasteiger charge is -2.07. The van der Waals surface area contributed by atoms with E-state index in [2.05, 4.69) is 10.1 Å². The van der Waals surface area contributed by atoms with Crippen LogP contribution < -0.4 is 0 Å². The summed E-state index contributed by atoms with van der Waals surface area (Å²) in [4.78, 5) is 4.56. The Morgan fingerprint density at radius 2 is 1.90 bits per heavy atom. The largest absolute Gasteiger partial charge is 0.508 e. The molecule has 106 valence electrons. The second-order valence-corrected chi connectivity index (χ2v) is 5.65. The van der Waals surface area contributed by atoms with E-state index in [-0.39, 0.29) is 5.75 Å². The smallest absolute Gasteiger partial charge is 0.257 e. The van der Waals surface area contributed by atoms with Crippen LogP contribution >= 0.6 is 0 Å². The summed E-state index contributed by atoms with van der Waals surface area (Å²) in [6, 6.07) is 5.35. The molecule has 1 aliphatic rings. The van der Waals surface area contributed by atoms with Crippen molar-refractivity contribution < 1.29 is 9.63 Å². The molecule has 0 radical (unpaired) electrons. The van der Waals surface area contributed by atoms with Crippen LogP contribution in [0, 0.1) is 6.92 Å². The molecule has 3 rings (SSSR count). The van der Waals surface area contributed by atoms with E-state index >= 15 is 0 Å². The maximum Gasteiger partial charge on any atom is 0.257 e. The molecule has 1 heterocycles. The molecule has 1 fully saturated rings. The lowest BCUT2D eigenvalue weighted by molar-refractivity contribution is 0.409. The van der Waals surface area contributed by atoms with Gasteiger partial charge in [0.25, 0.3) is 5.89 Å². The molecular formula is C16H20N2O2. The Morgan fingerprint density at radius 3 is 2.60 bits per heavy atom. The summed E-state index contributed by atoms with van der Waals surface area (Å²) in [6.45, 7) is 1.86. The summed E-state index contributed by atoms with van der Waals surface area (Å²) in [5.41, 5.74) is 1.68. The highest BCUT2D eigenvalue weighted by molar-refractivity contribution is 5.56. The summed E-state index contributed by atoms with van der Waals surface area (Å²) < 4.78 is 5.40. The van der Waals surface area contributed by atoms with E-state index in [0.717, 1.165) is 29.8 Å². The number of nitrogens with zero attached hydrogens (tertiary/aromatic N) is 2. The molecule has 0 unspecified atom stereocenters. The highest BCUT2D eigenvalue weighted by atomic mass is 16.5. The van der Waals surface area contributed by atoms with Crippen molar-refractivity contribution in [3.05, 3.63) is 29.6 Å². The van der Waals surface area contributed by atoms with Gasteiger partial charge in [-0.3, -0.25) is 0 Å². The van der Waals surface area contributed by atoms with Crippen LogP contribution in [0.1, 0.15) is 55.8 Å². The highest BCUT2D eigenvalue weighted by Crippen LogP contribution is 2.31. The topological polar surface area (TPSA) is 59.2 Å². The van der Waals surface area contributed by atoms with Crippen LogP contribution in [0.5, 0.6) is 5.75 Å². The molecule has 0 aliphatic heterocycles. The van der Waals surface area contributed by atoms with Crippen LogP contribution in [-0.2, 0) is 0 Å². The fourth-order valence-corrected chi connectivity index (χ4v) is 2.84. The number of phenols is 1. The normalized spacial score (nSPS) is 17.1. The minimum absolute atomic E-state index is 0.289. The molecule has 0 atom stereocenters. The molecule has 4 heteroatoms. The maximum absolute atomic E-state index is 9.56. The number of phenolic OH excluding ortho intramolecular Hbond substituents is 1. The summed E-state index contributed by atoms with van der Waals surface area (Å²) >= 11 is 0.